The molecule has 0 aromatic rings. The van der Waals surface area contributed by atoms with E-state index in [4.69, 9.17) is 4.74 Å². The number of nitrogens with one attached hydrogen (secondary N) is 1. The van der Waals surface area contributed by atoms with Gasteiger partial charge in [0.25, 0.3) is 0 Å². The highest BCUT2D eigenvalue weighted by molar-refractivity contribution is 5.99. The topological polar surface area (TPSA) is 99.2 Å². The molecule has 3 N–H and O–H groups in total. The molecule has 0 spiro atoms. The van der Waals surface area contributed by atoms with Gasteiger partial charge in [-0.05, 0) is 49.7 Å². The highest BCUT2D eigenvalue weighted by Crippen LogP contribution is 2.40. The number of carbonyl (C=O) groups excluding carboxylic acids is 2. The van der Waals surface area contributed by atoms with Crippen molar-refractivity contribution in [3.05, 3.63) is 60.3 Å². The van der Waals surface area contributed by atoms with Crippen LogP contribution in [-0.2, 0) is 14.3 Å². The Morgan fingerprint density at radius 3 is 2.60 bits per heavy atom. The van der Waals surface area contributed by atoms with Gasteiger partial charge in [0.05, 0.1) is 12.6 Å². The normalized spacial score (nSPS) is 27.9. The van der Waals surface area contributed by atoms with Crippen molar-refractivity contribution >= 4 is 11.7 Å². The molecular formula is C29H43NO5. The molecule has 1 saturated heterocycles. The predicted octanol–water partition coefficient (Wildman–Crippen LogP) is 4.20. The summed E-state index contributed by atoms with van der Waals surface area (Å²) in [6.45, 7) is 10.8. The molecular weight excluding hydrogens is 442 g/mol. The average molecular weight is 486 g/mol. The van der Waals surface area contributed by atoms with Crippen LogP contribution in [0.4, 0.5) is 0 Å². The van der Waals surface area contributed by atoms with Gasteiger partial charge >= 0.3 is 0 Å². The van der Waals surface area contributed by atoms with Crippen LogP contribution in [0.3, 0.4) is 0 Å². The van der Waals surface area contributed by atoms with E-state index in [0.717, 1.165) is 12.8 Å². The molecule has 0 radical (unpaired) electrons. The first kappa shape index (κ1) is 29.0. The standard InChI is InChI=1S/C29H43NO5/c1-6-20(2)15-22(4)17-23(5)16-21(3)11-9-7-8-10-12-27(33)30-24(19-31)18-29(34)26(32)14-13-25-28(29)35-25/h7-15,20-21,23-25,28,31,34H,6,16-19H2,1-5H3,(H,30,33)/b8-7+,11-9+,12-10+,22-15+/t20?,21?,23?,24-,25?,28-,29?/m0/s1. The van der Waals surface area contributed by atoms with Crippen molar-refractivity contribution in [2.24, 2.45) is 17.8 Å². The van der Waals surface area contributed by atoms with Gasteiger partial charge in [0.1, 0.15) is 12.2 Å². The molecule has 2 rings (SSSR count). The zero-order chi connectivity index (χ0) is 26.0. The summed E-state index contributed by atoms with van der Waals surface area (Å²) in [5, 5.41) is 22.9. The fourth-order valence-corrected chi connectivity index (χ4v) is 4.67. The van der Waals surface area contributed by atoms with Crippen LogP contribution in [0.2, 0.25) is 0 Å². The number of ether oxygens (including phenoxy) is 1. The molecule has 1 fully saturated rings. The van der Waals surface area contributed by atoms with Crippen molar-refractivity contribution in [3.8, 4) is 0 Å². The van der Waals surface area contributed by atoms with Crippen LogP contribution >= 0.6 is 0 Å². The van der Waals surface area contributed by atoms with Gasteiger partial charge in [0, 0.05) is 12.5 Å². The monoisotopic (exact) mass is 485 g/mol. The first-order valence-corrected chi connectivity index (χ1v) is 12.8. The molecule has 6 nitrogen and oxygen atoms in total. The number of ketones is 1. The van der Waals surface area contributed by atoms with Gasteiger partial charge in [0.15, 0.2) is 11.4 Å². The van der Waals surface area contributed by atoms with E-state index in [-0.39, 0.29) is 12.5 Å². The highest BCUT2D eigenvalue weighted by Gasteiger charge is 2.59. The Kier molecular flexibility index (Phi) is 11.3. The van der Waals surface area contributed by atoms with Crippen LogP contribution in [0, 0.1) is 17.8 Å². The van der Waals surface area contributed by atoms with Gasteiger partial charge in [-0.1, -0.05) is 76.1 Å². The summed E-state index contributed by atoms with van der Waals surface area (Å²) >= 11 is 0. The molecule has 35 heavy (non-hydrogen) atoms. The van der Waals surface area contributed by atoms with E-state index >= 15 is 0 Å². The Morgan fingerprint density at radius 2 is 1.91 bits per heavy atom. The molecule has 2 aliphatic rings. The van der Waals surface area contributed by atoms with Crippen LogP contribution in [0.15, 0.2) is 60.3 Å². The zero-order valence-corrected chi connectivity index (χ0v) is 21.8. The third-order valence-corrected chi connectivity index (χ3v) is 6.66. The highest BCUT2D eigenvalue weighted by atomic mass is 16.6. The summed E-state index contributed by atoms with van der Waals surface area (Å²) in [6, 6.07) is -0.757. The van der Waals surface area contributed by atoms with Gasteiger partial charge in [-0.2, -0.15) is 0 Å². The van der Waals surface area contributed by atoms with Crippen molar-refractivity contribution in [2.75, 3.05) is 6.61 Å². The van der Waals surface area contributed by atoms with Crippen molar-refractivity contribution in [3.63, 3.8) is 0 Å². The number of carbonyl (C=O) groups is 2. The van der Waals surface area contributed by atoms with E-state index in [2.05, 4.69) is 52.1 Å². The lowest BCUT2D eigenvalue weighted by Gasteiger charge is -2.29. The first-order chi connectivity index (χ1) is 16.6. The largest absolute Gasteiger partial charge is 0.394 e. The van der Waals surface area contributed by atoms with Crippen molar-refractivity contribution < 1.29 is 24.5 Å². The first-order valence-electron chi connectivity index (χ1n) is 12.8. The maximum Gasteiger partial charge on any atom is 0.244 e. The minimum atomic E-state index is -1.72. The summed E-state index contributed by atoms with van der Waals surface area (Å²) in [4.78, 5) is 24.3. The van der Waals surface area contributed by atoms with E-state index in [1.54, 1.807) is 18.2 Å². The number of rotatable bonds is 14. The third-order valence-electron chi connectivity index (χ3n) is 6.66. The summed E-state index contributed by atoms with van der Waals surface area (Å²) < 4.78 is 5.31. The Hall–Kier alpha value is -2.28. The number of allylic oxidation sites excluding steroid dienone is 7. The second kappa shape index (κ2) is 13.7. The van der Waals surface area contributed by atoms with Crippen molar-refractivity contribution in [1.29, 1.82) is 0 Å². The second-order valence-corrected chi connectivity index (χ2v) is 10.3. The number of amides is 1. The number of aliphatic hydroxyl groups is 2. The zero-order valence-electron chi connectivity index (χ0n) is 21.8. The van der Waals surface area contributed by atoms with E-state index < -0.39 is 36.0 Å². The molecule has 194 valence electrons. The molecule has 7 atom stereocenters. The maximum absolute atomic E-state index is 12.2. The molecule has 0 bridgehead atoms. The van der Waals surface area contributed by atoms with Crippen molar-refractivity contribution in [1.82, 2.24) is 5.32 Å². The molecule has 1 heterocycles. The van der Waals surface area contributed by atoms with E-state index in [1.165, 1.54) is 24.1 Å². The van der Waals surface area contributed by atoms with Gasteiger partial charge in [-0.15, -0.1) is 0 Å². The molecule has 0 aromatic carbocycles. The minimum Gasteiger partial charge on any atom is -0.394 e. The molecule has 1 aliphatic heterocycles. The summed E-state index contributed by atoms with van der Waals surface area (Å²) in [5.41, 5.74) is -0.248. The quantitative estimate of drug-likeness (QED) is 0.148. The third kappa shape index (κ3) is 9.36. The fourth-order valence-electron chi connectivity index (χ4n) is 4.67. The predicted molar refractivity (Wildman–Crippen MR) is 140 cm³/mol. The molecule has 0 aromatic heterocycles. The minimum absolute atomic E-state index is 0.102. The van der Waals surface area contributed by atoms with Crippen LogP contribution in [0.5, 0.6) is 0 Å². The SMILES string of the molecule is CCC(C)/C=C(\C)CC(C)CC(C)/C=C/C=C/C=C/C(=O)N[C@H](CO)CC1(O)C(=O)C=CC2O[C@@H]21. The molecule has 6 heteroatoms. The number of hydrogen-bond donors (Lipinski definition) is 3. The Bertz CT molecular complexity index is 870. The lowest BCUT2D eigenvalue weighted by molar-refractivity contribution is -0.137. The Balaban J connectivity index is 1.73. The van der Waals surface area contributed by atoms with Crippen LogP contribution in [0.1, 0.15) is 60.3 Å². The van der Waals surface area contributed by atoms with E-state index in [0.29, 0.717) is 17.8 Å². The van der Waals surface area contributed by atoms with E-state index in [1.807, 2.05) is 12.2 Å². The maximum atomic E-state index is 12.2. The average Bonchev–Trinajstić information content (AvgIpc) is 3.59. The van der Waals surface area contributed by atoms with Crippen LogP contribution < -0.4 is 5.32 Å². The molecule has 1 aliphatic carbocycles. The van der Waals surface area contributed by atoms with Gasteiger partial charge in [-0.25, -0.2) is 0 Å². The Labute approximate surface area is 210 Å². The number of fused-ring (bicyclic) bond motifs is 1. The summed E-state index contributed by atoms with van der Waals surface area (Å²) in [5.74, 6) is 0.852. The second-order valence-electron chi connectivity index (χ2n) is 10.3. The number of epoxide rings is 1. The van der Waals surface area contributed by atoms with Gasteiger partial charge in [-0.3, -0.25) is 9.59 Å². The van der Waals surface area contributed by atoms with Gasteiger partial charge < -0.3 is 20.3 Å². The van der Waals surface area contributed by atoms with Gasteiger partial charge in [0.2, 0.25) is 5.91 Å². The fraction of sp³-hybridized carbons (Fsp3) is 0.586. The molecule has 0 saturated carbocycles. The lowest BCUT2D eigenvalue weighted by Crippen LogP contribution is -2.52. The number of aliphatic hydroxyl groups excluding tert-OH is 1. The van der Waals surface area contributed by atoms with Crippen LogP contribution in [0.25, 0.3) is 0 Å². The Morgan fingerprint density at radius 1 is 1.20 bits per heavy atom. The van der Waals surface area contributed by atoms with Crippen molar-refractivity contribution in [2.45, 2.75) is 84.2 Å². The summed E-state index contributed by atoms with van der Waals surface area (Å²) in [7, 11) is 0. The molecule has 5 unspecified atom stereocenters. The smallest absolute Gasteiger partial charge is 0.244 e. The molecule has 1 amide bonds. The van der Waals surface area contributed by atoms with Crippen LogP contribution in [-0.4, -0.2) is 52.4 Å². The summed E-state index contributed by atoms with van der Waals surface area (Å²) in [6.07, 6.45) is 18.5. The lowest BCUT2D eigenvalue weighted by atomic mass is 9.82. The van der Waals surface area contributed by atoms with E-state index in [9.17, 15) is 19.8 Å². The number of hydrogen-bond acceptors (Lipinski definition) is 5.